The van der Waals surface area contributed by atoms with Gasteiger partial charge in [-0.2, -0.15) is 0 Å². The maximum atomic E-state index is 13.3. The maximum absolute atomic E-state index is 13.3. The zero-order chi connectivity index (χ0) is 14.8. The topological polar surface area (TPSA) is 31.4 Å². The largest absolute Gasteiger partial charge is 0.497 e. The van der Waals surface area contributed by atoms with E-state index in [1.165, 1.54) is 6.07 Å². The fourth-order valence-electron chi connectivity index (χ4n) is 1.98. The zero-order valence-corrected chi connectivity index (χ0v) is 12.7. The minimum Gasteiger partial charge on any atom is -0.497 e. The van der Waals surface area contributed by atoms with Crippen LogP contribution in [0.2, 0.25) is 0 Å². The molecular formula is C16H11BrFNO2. The normalized spacial score (nSPS) is 10.6. The van der Waals surface area contributed by atoms with E-state index >= 15 is 0 Å². The first-order valence-electron chi connectivity index (χ1n) is 6.23. The van der Waals surface area contributed by atoms with Crippen molar-refractivity contribution in [1.29, 1.82) is 0 Å². The van der Waals surface area contributed by atoms with Gasteiger partial charge in [0.15, 0.2) is 0 Å². The van der Waals surface area contributed by atoms with Crippen LogP contribution in [0, 0.1) is 5.82 Å². The summed E-state index contributed by atoms with van der Waals surface area (Å²) in [5, 5.41) is 1.82. The van der Waals surface area contributed by atoms with Gasteiger partial charge in [0.05, 0.1) is 11.6 Å². The lowest BCUT2D eigenvalue weighted by molar-refractivity contribution is 0.415. The van der Waals surface area contributed by atoms with Crippen LogP contribution in [0.1, 0.15) is 0 Å². The summed E-state index contributed by atoms with van der Waals surface area (Å²) in [5.74, 6) is 1.34. The van der Waals surface area contributed by atoms with Gasteiger partial charge in [0, 0.05) is 11.6 Å². The van der Waals surface area contributed by atoms with Crippen LogP contribution in [-0.2, 0) is 0 Å². The number of pyridine rings is 1. The Morgan fingerprint density at radius 1 is 1.05 bits per heavy atom. The molecule has 0 N–H and O–H groups in total. The highest BCUT2D eigenvalue weighted by Crippen LogP contribution is 2.31. The lowest BCUT2D eigenvalue weighted by Crippen LogP contribution is -1.91. The van der Waals surface area contributed by atoms with Crippen LogP contribution in [-0.4, -0.2) is 12.1 Å². The van der Waals surface area contributed by atoms with Crippen LogP contribution >= 0.6 is 15.9 Å². The Labute approximate surface area is 129 Å². The molecule has 3 nitrogen and oxygen atoms in total. The van der Waals surface area contributed by atoms with Crippen molar-refractivity contribution in [1.82, 2.24) is 4.98 Å². The molecule has 0 radical (unpaired) electrons. The quantitative estimate of drug-likeness (QED) is 0.672. The van der Waals surface area contributed by atoms with Gasteiger partial charge in [-0.3, -0.25) is 0 Å². The van der Waals surface area contributed by atoms with Crippen molar-refractivity contribution in [3.05, 3.63) is 59.0 Å². The molecule has 0 spiro atoms. The molecule has 0 atom stereocenters. The van der Waals surface area contributed by atoms with Crippen molar-refractivity contribution in [2.45, 2.75) is 0 Å². The summed E-state index contributed by atoms with van der Waals surface area (Å²) in [6, 6.07) is 12.0. The molecule has 0 fully saturated rings. The van der Waals surface area contributed by atoms with Crippen molar-refractivity contribution in [2.24, 2.45) is 0 Å². The molecule has 0 aliphatic carbocycles. The molecule has 1 aromatic heterocycles. The Hall–Kier alpha value is -2.14. The average molecular weight is 348 g/mol. The van der Waals surface area contributed by atoms with Crippen molar-refractivity contribution in [2.75, 3.05) is 7.11 Å². The first kappa shape index (κ1) is 13.8. The van der Waals surface area contributed by atoms with E-state index in [1.807, 2.05) is 24.3 Å². The third-order valence-corrected chi connectivity index (χ3v) is 3.65. The number of ether oxygens (including phenoxy) is 2. The third-order valence-electron chi connectivity index (χ3n) is 3.04. The maximum Gasteiger partial charge on any atom is 0.227 e. The number of benzene rings is 2. The van der Waals surface area contributed by atoms with E-state index in [4.69, 9.17) is 9.47 Å². The monoisotopic (exact) mass is 347 g/mol. The lowest BCUT2D eigenvalue weighted by Gasteiger charge is -2.09. The molecule has 0 saturated heterocycles. The Morgan fingerprint density at radius 2 is 1.86 bits per heavy atom. The van der Waals surface area contributed by atoms with E-state index in [2.05, 4.69) is 20.9 Å². The Morgan fingerprint density at radius 3 is 2.62 bits per heavy atom. The predicted octanol–water partition coefficient (Wildman–Crippen LogP) is 4.94. The first-order valence-corrected chi connectivity index (χ1v) is 7.02. The van der Waals surface area contributed by atoms with Gasteiger partial charge in [-0.15, -0.1) is 0 Å². The SMILES string of the molecule is COc1ccc2ccnc(Oc3ccc(F)c(Br)c3)c2c1. The molecular weight excluding hydrogens is 337 g/mol. The number of hydrogen-bond acceptors (Lipinski definition) is 3. The third kappa shape index (κ3) is 2.83. The number of fused-ring (bicyclic) bond motifs is 1. The van der Waals surface area contributed by atoms with E-state index in [1.54, 1.807) is 25.4 Å². The molecule has 106 valence electrons. The van der Waals surface area contributed by atoms with Gasteiger partial charge in [0.25, 0.3) is 0 Å². The smallest absolute Gasteiger partial charge is 0.227 e. The van der Waals surface area contributed by atoms with Gasteiger partial charge in [0.1, 0.15) is 17.3 Å². The highest BCUT2D eigenvalue weighted by molar-refractivity contribution is 9.10. The van der Waals surface area contributed by atoms with Gasteiger partial charge in [-0.25, -0.2) is 9.37 Å². The molecule has 2 aromatic carbocycles. The lowest BCUT2D eigenvalue weighted by atomic mass is 10.1. The zero-order valence-electron chi connectivity index (χ0n) is 11.1. The minimum atomic E-state index is -0.338. The van der Waals surface area contributed by atoms with Crippen molar-refractivity contribution >= 4 is 26.7 Å². The van der Waals surface area contributed by atoms with Crippen LogP contribution in [0.3, 0.4) is 0 Å². The van der Waals surface area contributed by atoms with Crippen LogP contribution in [0.15, 0.2) is 53.1 Å². The Kier molecular flexibility index (Phi) is 3.75. The van der Waals surface area contributed by atoms with Gasteiger partial charge in [-0.1, -0.05) is 6.07 Å². The van der Waals surface area contributed by atoms with Gasteiger partial charge in [0.2, 0.25) is 5.88 Å². The molecule has 0 bridgehead atoms. The number of methoxy groups -OCH3 is 1. The number of nitrogens with zero attached hydrogens (tertiary/aromatic N) is 1. The number of hydrogen-bond donors (Lipinski definition) is 0. The molecule has 3 rings (SSSR count). The summed E-state index contributed by atoms with van der Waals surface area (Å²) in [4.78, 5) is 4.24. The summed E-state index contributed by atoms with van der Waals surface area (Å²) in [6.07, 6.45) is 1.67. The van der Waals surface area contributed by atoms with Crippen LogP contribution < -0.4 is 9.47 Å². The molecule has 0 aliphatic rings. The summed E-state index contributed by atoms with van der Waals surface area (Å²) in [7, 11) is 1.61. The van der Waals surface area contributed by atoms with Crippen molar-refractivity contribution < 1.29 is 13.9 Å². The second kappa shape index (κ2) is 5.69. The highest BCUT2D eigenvalue weighted by Gasteiger charge is 2.08. The van der Waals surface area contributed by atoms with Crippen LogP contribution in [0.25, 0.3) is 10.8 Å². The van der Waals surface area contributed by atoms with E-state index in [0.717, 1.165) is 16.5 Å². The van der Waals surface area contributed by atoms with E-state index in [9.17, 15) is 4.39 Å². The summed E-state index contributed by atoms with van der Waals surface area (Å²) in [6.45, 7) is 0. The molecule has 0 aliphatic heterocycles. The van der Waals surface area contributed by atoms with Gasteiger partial charge >= 0.3 is 0 Å². The highest BCUT2D eigenvalue weighted by atomic mass is 79.9. The average Bonchev–Trinajstić information content (AvgIpc) is 2.51. The van der Waals surface area contributed by atoms with Crippen LogP contribution in [0.5, 0.6) is 17.4 Å². The van der Waals surface area contributed by atoms with E-state index in [0.29, 0.717) is 16.1 Å². The second-order valence-corrected chi connectivity index (χ2v) is 5.24. The summed E-state index contributed by atoms with van der Waals surface area (Å²) in [5.41, 5.74) is 0. The molecule has 5 heteroatoms. The summed E-state index contributed by atoms with van der Waals surface area (Å²) < 4.78 is 24.6. The Balaban J connectivity index is 2.05. The molecule has 0 saturated carbocycles. The number of rotatable bonds is 3. The van der Waals surface area contributed by atoms with E-state index < -0.39 is 0 Å². The summed E-state index contributed by atoms with van der Waals surface area (Å²) >= 11 is 3.14. The fraction of sp³-hybridized carbons (Fsp3) is 0.0625. The van der Waals surface area contributed by atoms with Crippen molar-refractivity contribution in [3.63, 3.8) is 0 Å². The van der Waals surface area contributed by atoms with Gasteiger partial charge in [-0.05, 0) is 57.7 Å². The molecule has 0 amide bonds. The standard InChI is InChI=1S/C16H11BrFNO2/c1-20-11-3-2-10-6-7-19-16(13(10)8-11)21-12-4-5-15(18)14(17)9-12/h2-9H,1H3. The fourth-order valence-corrected chi connectivity index (χ4v) is 2.34. The predicted molar refractivity (Wildman–Crippen MR) is 82.5 cm³/mol. The molecule has 3 aromatic rings. The second-order valence-electron chi connectivity index (χ2n) is 4.38. The molecule has 21 heavy (non-hydrogen) atoms. The number of aromatic nitrogens is 1. The molecule has 1 heterocycles. The Bertz CT molecular complexity index is 807. The van der Waals surface area contributed by atoms with Gasteiger partial charge < -0.3 is 9.47 Å². The molecule has 0 unspecified atom stereocenters. The van der Waals surface area contributed by atoms with Crippen LogP contribution in [0.4, 0.5) is 4.39 Å². The first-order chi connectivity index (χ1) is 10.2. The number of halogens is 2. The van der Waals surface area contributed by atoms with Crippen molar-refractivity contribution in [3.8, 4) is 17.4 Å². The van der Waals surface area contributed by atoms with E-state index in [-0.39, 0.29) is 5.82 Å². The minimum absolute atomic E-state index is 0.338.